The van der Waals surface area contributed by atoms with Crippen LogP contribution in [0.3, 0.4) is 0 Å². The van der Waals surface area contributed by atoms with Crippen LogP contribution in [0.2, 0.25) is 0 Å². The Bertz CT molecular complexity index is 672. The number of hydrogen-bond donors (Lipinski definition) is 2. The van der Waals surface area contributed by atoms with Crippen molar-refractivity contribution in [3.05, 3.63) is 58.5 Å². The molecule has 0 aromatic heterocycles. The fourth-order valence-corrected chi connectivity index (χ4v) is 2.78. The average molecular weight is 324 g/mol. The molecule has 1 aliphatic rings. The highest BCUT2D eigenvalue weighted by molar-refractivity contribution is 8.03. The molecule has 0 fully saturated rings. The Morgan fingerprint density at radius 1 is 1.29 bits per heavy atom. The zero-order chi connectivity index (χ0) is 15.3. The summed E-state index contributed by atoms with van der Waals surface area (Å²) in [6.45, 7) is -0.131. The summed E-state index contributed by atoms with van der Waals surface area (Å²) in [4.78, 5) is 22.4. The third kappa shape index (κ3) is 5.44. The largest absolute Gasteiger partial charge is 0.469 e. The number of allylic oxidation sites excluding steroid dienone is 3. The van der Waals surface area contributed by atoms with E-state index < -0.39 is 7.82 Å². The Kier molecular flexibility index (Phi) is 5.31. The smallest absolute Gasteiger partial charge is 0.361 e. The number of nitrogens with zero attached hydrogens (tertiary/aromatic N) is 2. The van der Waals surface area contributed by atoms with Crippen LogP contribution in [-0.2, 0) is 15.7 Å². The fourth-order valence-electron chi connectivity index (χ4n) is 1.62. The molecule has 0 saturated carbocycles. The molecule has 6 nitrogen and oxygen atoms in total. The third-order valence-electron chi connectivity index (χ3n) is 2.64. The standard InChI is InChI=1S/C13H13N2O4PS/c14-15-11-3-7-13(8-4-11)21-12-5-1-10(2-6-12)9-19-20(16,17)18/h1-3,5-8H,4,9H2,(H2,16,17,18). The van der Waals surface area contributed by atoms with E-state index in [4.69, 9.17) is 15.3 Å². The molecular weight excluding hydrogens is 311 g/mol. The Hall–Kier alpha value is -1.46. The van der Waals surface area contributed by atoms with Gasteiger partial charge in [0.2, 0.25) is 0 Å². The molecule has 0 saturated heterocycles. The van der Waals surface area contributed by atoms with Crippen molar-refractivity contribution in [2.45, 2.75) is 17.9 Å². The van der Waals surface area contributed by atoms with Crippen molar-refractivity contribution < 1.29 is 23.7 Å². The van der Waals surface area contributed by atoms with Crippen LogP contribution in [0.1, 0.15) is 12.0 Å². The van der Waals surface area contributed by atoms with Gasteiger partial charge in [-0.15, -0.1) is 0 Å². The molecule has 21 heavy (non-hydrogen) atoms. The van der Waals surface area contributed by atoms with Gasteiger partial charge >= 0.3 is 7.82 Å². The van der Waals surface area contributed by atoms with E-state index in [2.05, 4.69) is 9.31 Å². The van der Waals surface area contributed by atoms with Crippen LogP contribution in [0.4, 0.5) is 0 Å². The first-order valence-electron chi connectivity index (χ1n) is 6.02. The van der Waals surface area contributed by atoms with Crippen molar-refractivity contribution in [3.8, 4) is 0 Å². The summed E-state index contributed by atoms with van der Waals surface area (Å²) < 4.78 is 15.0. The van der Waals surface area contributed by atoms with Crippen molar-refractivity contribution >= 4 is 25.3 Å². The van der Waals surface area contributed by atoms with Gasteiger partial charge in [0.25, 0.3) is 5.71 Å². The van der Waals surface area contributed by atoms with E-state index in [9.17, 15) is 4.57 Å². The normalized spacial score (nSPS) is 14.8. The van der Waals surface area contributed by atoms with E-state index in [1.54, 1.807) is 30.0 Å². The van der Waals surface area contributed by atoms with Crippen LogP contribution >= 0.6 is 19.6 Å². The lowest BCUT2D eigenvalue weighted by Gasteiger charge is -2.07. The number of phosphoric acid groups is 1. The summed E-state index contributed by atoms with van der Waals surface area (Å²) in [7, 11) is -4.44. The number of benzene rings is 1. The molecule has 0 amide bonds. The second-order valence-electron chi connectivity index (χ2n) is 4.25. The Morgan fingerprint density at radius 3 is 2.52 bits per heavy atom. The van der Waals surface area contributed by atoms with Crippen molar-refractivity contribution in [2.75, 3.05) is 0 Å². The van der Waals surface area contributed by atoms with E-state index in [1.165, 1.54) is 0 Å². The van der Waals surface area contributed by atoms with Gasteiger partial charge in [-0.05, 0) is 23.8 Å². The minimum atomic E-state index is -4.44. The molecule has 1 aliphatic carbocycles. The zero-order valence-electron chi connectivity index (χ0n) is 10.9. The van der Waals surface area contributed by atoms with Gasteiger partial charge in [-0.2, -0.15) is 4.79 Å². The van der Waals surface area contributed by atoms with Crippen LogP contribution in [0, 0.1) is 0 Å². The van der Waals surface area contributed by atoms with Crippen molar-refractivity contribution in [1.29, 1.82) is 0 Å². The number of hydrogen-bond acceptors (Lipinski definition) is 3. The molecule has 0 bridgehead atoms. The minimum Gasteiger partial charge on any atom is -0.361 e. The first kappa shape index (κ1) is 15.9. The molecule has 0 atom stereocenters. The predicted octanol–water partition coefficient (Wildman–Crippen LogP) is 2.90. The summed E-state index contributed by atoms with van der Waals surface area (Å²) in [6, 6.07) is 7.22. The first-order chi connectivity index (χ1) is 9.96. The van der Waals surface area contributed by atoms with E-state index in [-0.39, 0.29) is 6.61 Å². The molecule has 0 heterocycles. The van der Waals surface area contributed by atoms with Crippen LogP contribution in [0.5, 0.6) is 0 Å². The third-order valence-corrected chi connectivity index (χ3v) is 4.15. The number of rotatable bonds is 5. The molecule has 2 N–H and O–H groups in total. The van der Waals surface area contributed by atoms with Crippen LogP contribution in [-0.4, -0.2) is 20.3 Å². The molecule has 0 radical (unpaired) electrons. The summed E-state index contributed by atoms with van der Waals surface area (Å²) >= 11 is 1.55. The molecule has 0 aliphatic heterocycles. The van der Waals surface area contributed by atoms with Crippen molar-refractivity contribution in [2.24, 2.45) is 0 Å². The minimum absolute atomic E-state index is 0.131. The van der Waals surface area contributed by atoms with Crippen LogP contribution < -0.4 is 0 Å². The van der Waals surface area contributed by atoms with E-state index in [0.717, 1.165) is 9.80 Å². The Balaban J connectivity index is 1.94. The average Bonchev–Trinajstić information content (AvgIpc) is 2.46. The highest BCUT2D eigenvalue weighted by Crippen LogP contribution is 2.37. The topological polar surface area (TPSA) is 103 Å². The molecule has 8 heteroatoms. The predicted molar refractivity (Wildman–Crippen MR) is 79.6 cm³/mol. The molecule has 0 spiro atoms. The lowest BCUT2D eigenvalue weighted by atomic mass is 10.2. The van der Waals surface area contributed by atoms with Crippen LogP contribution in [0.25, 0.3) is 5.53 Å². The second kappa shape index (κ2) is 7.00. The van der Waals surface area contributed by atoms with E-state index in [0.29, 0.717) is 17.7 Å². The van der Waals surface area contributed by atoms with Gasteiger partial charge in [-0.25, -0.2) is 4.57 Å². The second-order valence-corrected chi connectivity index (χ2v) is 6.63. The molecular formula is C13H13N2O4PS. The summed E-state index contributed by atoms with van der Waals surface area (Å²) in [6.07, 6.45) is 6.17. The van der Waals surface area contributed by atoms with Gasteiger partial charge in [0, 0.05) is 15.9 Å². The Morgan fingerprint density at radius 2 is 2.00 bits per heavy atom. The maximum absolute atomic E-state index is 10.6. The van der Waals surface area contributed by atoms with Gasteiger partial charge in [-0.3, -0.25) is 4.52 Å². The summed E-state index contributed by atoms with van der Waals surface area (Å²) in [5, 5.41) is 0. The monoisotopic (exact) mass is 324 g/mol. The quantitative estimate of drug-likeness (QED) is 0.492. The highest BCUT2D eigenvalue weighted by Gasteiger charge is 2.13. The molecule has 1 aromatic carbocycles. The first-order valence-corrected chi connectivity index (χ1v) is 8.37. The van der Waals surface area contributed by atoms with Gasteiger partial charge in [0.1, 0.15) is 0 Å². The molecule has 0 unspecified atom stereocenters. The van der Waals surface area contributed by atoms with Gasteiger partial charge < -0.3 is 15.3 Å². The lowest BCUT2D eigenvalue weighted by molar-refractivity contribution is -0.00538. The molecule has 2 rings (SSSR count). The van der Waals surface area contributed by atoms with Crippen LogP contribution in [0.15, 0.2) is 52.3 Å². The zero-order valence-corrected chi connectivity index (χ0v) is 12.6. The van der Waals surface area contributed by atoms with Crippen molar-refractivity contribution in [3.63, 3.8) is 0 Å². The van der Waals surface area contributed by atoms with E-state index in [1.807, 2.05) is 24.3 Å². The SMILES string of the molecule is [N-]=[N+]=C1C=CC(Sc2ccc(COP(=O)(O)O)cc2)=CC1. The van der Waals surface area contributed by atoms with Crippen molar-refractivity contribution in [1.82, 2.24) is 0 Å². The highest BCUT2D eigenvalue weighted by atomic mass is 32.2. The fraction of sp³-hybridized carbons (Fsp3) is 0.154. The van der Waals surface area contributed by atoms with Gasteiger partial charge in [0.05, 0.1) is 13.0 Å². The maximum atomic E-state index is 10.6. The lowest BCUT2D eigenvalue weighted by Crippen LogP contribution is -1.97. The molecule has 110 valence electrons. The van der Waals surface area contributed by atoms with Gasteiger partial charge in [0.15, 0.2) is 0 Å². The summed E-state index contributed by atoms with van der Waals surface area (Å²) in [5.74, 6) is 0. The number of phosphoric ester groups is 1. The summed E-state index contributed by atoms with van der Waals surface area (Å²) in [5.41, 5.74) is 9.94. The number of thioether (sulfide) groups is 1. The van der Waals surface area contributed by atoms with Gasteiger partial charge in [-0.1, -0.05) is 30.0 Å². The maximum Gasteiger partial charge on any atom is 0.469 e. The van der Waals surface area contributed by atoms with E-state index >= 15 is 0 Å². The molecule has 1 aromatic rings. The Labute approximate surface area is 126 Å².